The fourth-order valence-corrected chi connectivity index (χ4v) is 15.2. The number of esters is 4. The molecule has 24 nitrogen and oxygen atoms in total. The smallest absolute Gasteiger partial charge is 0.323 e. The Morgan fingerprint density at radius 1 is 0.350 bits per heavy atom. The Morgan fingerprint density at radius 2 is 0.567 bits per heavy atom. The van der Waals surface area contributed by atoms with Gasteiger partial charge in [0.15, 0.2) is 46.0 Å². The van der Waals surface area contributed by atoms with Crippen LogP contribution in [0.15, 0.2) is 48.3 Å². The third kappa shape index (κ3) is 23.8. The monoisotopic (exact) mass is 1710 g/mol. The van der Waals surface area contributed by atoms with E-state index in [0.717, 1.165) is 33.8 Å². The van der Waals surface area contributed by atoms with Crippen molar-refractivity contribution in [3.63, 3.8) is 0 Å². The van der Waals surface area contributed by atoms with Crippen molar-refractivity contribution >= 4 is 23.9 Å². The number of benzene rings is 4. The summed E-state index contributed by atoms with van der Waals surface area (Å²) in [5.74, 6) is -9.82. The molecule has 24 heteroatoms. The molecule has 4 fully saturated rings. The van der Waals surface area contributed by atoms with Gasteiger partial charge in [-0.1, -0.05) is 111 Å². The Kier molecular flexibility index (Phi) is 21.0. The van der Waals surface area contributed by atoms with Crippen LogP contribution in [0.25, 0.3) is 0 Å². The van der Waals surface area contributed by atoms with Gasteiger partial charge in [0, 0.05) is 148 Å². The van der Waals surface area contributed by atoms with Gasteiger partial charge in [0.05, 0.1) is 84.1 Å². The van der Waals surface area contributed by atoms with Gasteiger partial charge in [-0.05, 0) is 191 Å². The molecule has 4 aromatic rings. The molecule has 672 valence electrons. The average Bonchev–Trinajstić information content (AvgIpc) is 0.681. The van der Waals surface area contributed by atoms with Crippen LogP contribution in [0.3, 0.4) is 0 Å². The molecular weight excluding hydrogens is 1520 g/mol. The van der Waals surface area contributed by atoms with E-state index in [1.807, 2.05) is 55.4 Å². The van der Waals surface area contributed by atoms with Crippen molar-refractivity contribution in [2.45, 2.75) is 260 Å². The van der Waals surface area contributed by atoms with E-state index in [-0.39, 0.29) is 132 Å². The molecule has 16 atom stereocenters. The van der Waals surface area contributed by atoms with Crippen molar-refractivity contribution in [3.8, 4) is 46.0 Å². The van der Waals surface area contributed by atoms with Crippen LogP contribution in [0.5, 0.6) is 46.0 Å². The van der Waals surface area contributed by atoms with Crippen molar-refractivity contribution in [2.24, 2.45) is 93.9 Å². The number of fused-ring (bicyclic) bond motifs is 12. The second kappa shape index (κ2) is 43.9. The van der Waals surface area contributed by atoms with Crippen molar-refractivity contribution in [1.29, 1.82) is 0 Å². The van der Waals surface area contributed by atoms with Crippen LogP contribution in [0.1, 0.15) is 280 Å². The lowest BCUT2D eigenvalue weighted by Crippen LogP contribution is -2.51. The molecule has 0 bridgehead atoms. The number of ether oxygens (including phenoxy) is 12. The topological polar surface area (TPSA) is 296 Å². The van der Waals surface area contributed by atoms with Gasteiger partial charge in [-0.3, -0.25) is 38.8 Å². The lowest BCUT2D eigenvalue weighted by molar-refractivity contribution is -0.161. The Morgan fingerprint density at radius 3 is 0.800 bits per heavy atom. The van der Waals surface area contributed by atoms with Gasteiger partial charge < -0.3 is 79.8 Å². The van der Waals surface area contributed by atoms with Crippen LogP contribution in [0, 0.1) is 71.0 Å². The van der Waals surface area contributed by atoms with Gasteiger partial charge in [-0.2, -0.15) is 0 Å². The summed E-state index contributed by atoms with van der Waals surface area (Å²) in [7, 11) is 0.999. The molecule has 12 unspecified atom stereocenters. The number of carbonyl (C=O) groups excluding carboxylic acids is 4. The minimum atomic E-state index is -3.12. The van der Waals surface area contributed by atoms with E-state index in [2.05, 4.69) is 0 Å². The second-order valence-electron chi connectivity index (χ2n) is 34.2. The summed E-state index contributed by atoms with van der Waals surface area (Å²) in [5, 5.41) is 0. The molecular formula is C96H152N8O16. The van der Waals surface area contributed by atoms with Crippen LogP contribution < -0.4 is 60.8 Å². The lowest BCUT2D eigenvalue weighted by atomic mass is 9.79. The number of rotatable bonds is 28. The maximum absolute atomic E-state index is 13.0. The molecule has 0 aliphatic carbocycles. The highest BCUT2D eigenvalue weighted by atomic mass is 16.6. The van der Waals surface area contributed by atoms with Gasteiger partial charge >= 0.3 is 23.9 Å². The molecule has 0 spiro atoms. The first-order valence-electron chi connectivity index (χ1n) is 59.2. The van der Waals surface area contributed by atoms with Crippen molar-refractivity contribution in [2.75, 3.05) is 109 Å². The summed E-state index contributed by atoms with van der Waals surface area (Å²) >= 11 is 0. The number of hydrogen-bond acceptors (Lipinski definition) is 24. The van der Waals surface area contributed by atoms with Crippen LogP contribution in [-0.2, 0) is 63.6 Å². The highest BCUT2D eigenvalue weighted by Crippen LogP contribution is 2.50. The standard InChI is InChI=1S/4C24H38N2O4/c4*1-14(2)9-17-13-26-8-7-16-10-21(28-5)22(29-6)11-18(16)19(26)12-20(17)30-24(27)23(25)15(3)4/h4*10-11,14-15,17,19-20,23H,7-9,12-13,25H2,1-6H3/t4*17?,19?,20?,23-/m0000/s1/i5D3,7D2,8D2,10D,11D,19D,20D;7D2,8D2,10D,11D,19D,20D;5D3,7D2,8D2,10D,11D,19D;7D2,8D2,10D,11D,19D. The summed E-state index contributed by atoms with van der Waals surface area (Å²) < 4.78 is 378. The average molecular weight is 1710 g/mol. The summed E-state index contributed by atoms with van der Waals surface area (Å²) in [6.07, 6.45) is -17.8. The predicted molar refractivity (Wildman–Crippen MR) is 471 cm³/mol. The summed E-state index contributed by atoms with van der Waals surface area (Å²) in [6.45, 7) is 16.9. The molecule has 4 saturated heterocycles. The van der Waals surface area contributed by atoms with Crippen molar-refractivity contribution in [1.82, 2.24) is 19.6 Å². The van der Waals surface area contributed by atoms with Gasteiger partial charge in [-0.25, -0.2) is 0 Å². The van der Waals surface area contributed by atoms with E-state index in [1.165, 1.54) is 28.4 Å². The molecule has 0 saturated carbocycles. The summed E-state index contributed by atoms with van der Waals surface area (Å²) in [6, 6.07) is -17.7. The van der Waals surface area contributed by atoms with E-state index in [0.29, 0.717) is 19.3 Å². The Balaban J connectivity index is 0.000000230. The van der Waals surface area contributed by atoms with Crippen LogP contribution >= 0.6 is 0 Å². The number of piperidine rings is 4. The zero-order chi connectivity index (χ0) is 120. The molecule has 4 aromatic carbocycles. The van der Waals surface area contributed by atoms with Gasteiger partial charge in [0.1, 0.15) is 48.5 Å². The number of methoxy groups -OCH3 is 8. The maximum Gasteiger partial charge on any atom is 0.323 e. The van der Waals surface area contributed by atoms with E-state index in [4.69, 9.17) is 121 Å². The predicted octanol–water partition coefficient (Wildman–Crippen LogP) is 14.3. The largest absolute Gasteiger partial charge is 0.493 e. The van der Waals surface area contributed by atoms with E-state index in [1.54, 1.807) is 55.4 Å². The molecule has 0 radical (unpaired) electrons. The SMILES string of the molecule is [2H]c1c(OC)c(OC([2H])([2H])[2H])c([2H])c2c1C1([2H])CC(OC(=O)[C@@H](N)C(C)C)C(CC(C)C)CN1C([2H])([2H])C2([2H])[2H].[2H]c1c(OC)c(OC([2H])([2H])[2H])c([2H])c2c1C1([2H])CC([2H])(OC(=O)[C@@H](N)C(C)C)C(CC(C)C)CN1C([2H])([2H])C2([2H])[2H].[2H]c1c(OC)c(OC)c([2H])c2c1C1([2H])CC(OC(=O)[C@@H](N)C(C)C)C(CC(C)C)CN1C([2H])([2H])C2([2H])[2H].[2H]c1c(OC)c(OC)c([2H])c2c1C1([2H])CC([2H])(OC(=O)[C@@H](N)C(C)C)C(CC(C)C)CN1C([2H])([2H])C2([2H])[2H]. The molecule has 120 heavy (non-hydrogen) atoms. The first kappa shape index (κ1) is 57.4. The summed E-state index contributed by atoms with van der Waals surface area (Å²) in [5.41, 5.74) is 20.3. The normalized spacial score (nSPS) is 36.5. The van der Waals surface area contributed by atoms with E-state index < -0.39 is 298 Å². The number of nitrogens with two attached hydrogens (primary N) is 4. The molecule has 8 aliphatic heterocycles. The molecule has 8 aliphatic rings. The van der Waals surface area contributed by atoms with Crippen LogP contribution in [0.2, 0.25) is 0 Å². The minimum absolute atomic E-state index is 0.0103. The molecule has 0 aromatic heterocycles. The maximum atomic E-state index is 13.0. The fourth-order valence-electron chi connectivity index (χ4n) is 15.2. The van der Waals surface area contributed by atoms with Gasteiger partial charge in [0.2, 0.25) is 0 Å². The van der Waals surface area contributed by atoms with E-state index in [9.17, 15) is 27.4 Å². The number of hydrogen-bond donors (Lipinski definition) is 4. The zero-order valence-corrected chi connectivity index (χ0v) is 73.5. The third-order valence-corrected chi connectivity index (χ3v) is 22.0. The minimum Gasteiger partial charge on any atom is -0.493 e. The highest BCUT2D eigenvalue weighted by molar-refractivity contribution is 5.77. The van der Waals surface area contributed by atoms with Gasteiger partial charge in [-0.15, -0.1) is 0 Å². The number of nitrogens with zero attached hydrogens (tertiary/aromatic N) is 4. The Labute approximate surface area is 769 Å². The number of carbonyl (C=O) groups is 4. The third-order valence-electron chi connectivity index (χ3n) is 22.0. The molecule has 0 amide bonds. The quantitative estimate of drug-likeness (QED) is 0.0303. The van der Waals surface area contributed by atoms with E-state index >= 15 is 0 Å². The first-order chi connectivity index (χ1) is 70.8. The van der Waals surface area contributed by atoms with Crippen molar-refractivity contribution < 1.29 is 125 Å². The Hall–Kier alpha value is -7.16. The summed E-state index contributed by atoms with van der Waals surface area (Å²) in [4.78, 5) is 55.8. The highest BCUT2D eigenvalue weighted by Gasteiger charge is 2.47. The van der Waals surface area contributed by atoms with Gasteiger partial charge in [0.25, 0.3) is 0 Å². The second-order valence-corrected chi connectivity index (χ2v) is 34.2. The van der Waals surface area contributed by atoms with Crippen LogP contribution in [-0.4, -0.2) is 201 Å². The van der Waals surface area contributed by atoms with Crippen LogP contribution in [0.4, 0.5) is 0 Å². The zero-order valence-electron chi connectivity index (χ0n) is 110. The molecule has 8 N–H and O–H groups in total. The lowest BCUT2D eigenvalue weighted by Gasteiger charge is -2.47. The molecule has 8 heterocycles. The Bertz CT molecular complexity index is 5870. The first-order valence-corrected chi connectivity index (χ1v) is 41.2. The van der Waals surface area contributed by atoms with Crippen molar-refractivity contribution in [3.05, 3.63) is 92.8 Å². The molecule has 12 rings (SSSR count). The fraction of sp³-hybridized carbons (Fsp3) is 0.708.